The van der Waals surface area contributed by atoms with Gasteiger partial charge in [0.15, 0.2) is 0 Å². The van der Waals surface area contributed by atoms with Gasteiger partial charge in [-0.2, -0.15) is 0 Å². The fraction of sp³-hybridized carbons (Fsp3) is 0.190. The Hall–Kier alpha value is -2.34. The van der Waals surface area contributed by atoms with Crippen molar-refractivity contribution in [1.29, 1.82) is 0 Å². The summed E-state index contributed by atoms with van der Waals surface area (Å²) in [5.41, 5.74) is 2.78. The molecule has 3 aromatic rings. The standard InChI is InChI=1S/C21H18ClNO3S/c1-23(2)9-10-25-21(24)19-12-15-14-5-3-4-6-17(14)26-18-8-7-13(22)11-16(18)20(15)27-19/h3-8,11-12H,9-10H2,1-2H3. The predicted octanol–water partition coefficient (Wildman–Crippen LogP) is 5.56. The van der Waals surface area contributed by atoms with Crippen molar-refractivity contribution >= 4 is 28.9 Å². The Bertz CT molecular complexity index is 1010. The first kappa shape index (κ1) is 18.0. The van der Waals surface area contributed by atoms with E-state index in [-0.39, 0.29) is 5.97 Å². The SMILES string of the molecule is CN(C)CCOC(=O)c1cc2c(s1)-c1cc(Cl)ccc1Oc1ccccc1-2. The summed E-state index contributed by atoms with van der Waals surface area (Å²) >= 11 is 7.63. The van der Waals surface area contributed by atoms with Crippen molar-refractivity contribution in [2.45, 2.75) is 0 Å². The minimum Gasteiger partial charge on any atom is -0.460 e. The van der Waals surface area contributed by atoms with Crippen molar-refractivity contribution in [3.63, 3.8) is 0 Å². The predicted molar refractivity (Wildman–Crippen MR) is 109 cm³/mol. The fourth-order valence-electron chi connectivity index (χ4n) is 2.95. The number of likely N-dealkylation sites (N-methyl/N-ethyl adjacent to an activating group) is 1. The number of ether oxygens (including phenoxy) is 2. The van der Waals surface area contributed by atoms with Crippen LogP contribution >= 0.6 is 22.9 Å². The second kappa shape index (κ2) is 7.35. The number of nitrogens with zero attached hydrogens (tertiary/aromatic N) is 1. The maximum atomic E-state index is 12.5. The molecular weight excluding hydrogens is 382 g/mol. The molecular formula is C21H18ClNO3S. The smallest absolute Gasteiger partial charge is 0.348 e. The van der Waals surface area contributed by atoms with Gasteiger partial charge >= 0.3 is 5.97 Å². The molecule has 0 fully saturated rings. The number of rotatable bonds is 4. The largest absolute Gasteiger partial charge is 0.460 e. The van der Waals surface area contributed by atoms with E-state index in [0.717, 1.165) is 33.1 Å². The van der Waals surface area contributed by atoms with Crippen LogP contribution in [0.25, 0.3) is 21.6 Å². The first-order valence-electron chi connectivity index (χ1n) is 8.56. The Morgan fingerprint density at radius 2 is 1.85 bits per heavy atom. The first-order valence-corrected chi connectivity index (χ1v) is 9.75. The van der Waals surface area contributed by atoms with Crippen LogP contribution < -0.4 is 4.74 Å². The normalized spacial score (nSPS) is 11.9. The molecule has 1 aromatic heterocycles. The number of hydrogen-bond donors (Lipinski definition) is 0. The van der Waals surface area contributed by atoms with E-state index in [1.165, 1.54) is 11.3 Å². The molecule has 2 aromatic carbocycles. The molecule has 0 bridgehead atoms. The Kier molecular flexibility index (Phi) is 4.91. The average Bonchev–Trinajstić information content (AvgIpc) is 3.03. The van der Waals surface area contributed by atoms with Gasteiger partial charge in [-0.1, -0.05) is 29.8 Å². The average molecular weight is 400 g/mol. The first-order chi connectivity index (χ1) is 13.0. The number of para-hydroxylation sites is 1. The second-order valence-electron chi connectivity index (χ2n) is 6.53. The minimum atomic E-state index is -0.308. The third kappa shape index (κ3) is 3.58. The Morgan fingerprint density at radius 3 is 2.67 bits per heavy atom. The highest BCUT2D eigenvalue weighted by Crippen LogP contribution is 2.50. The summed E-state index contributed by atoms with van der Waals surface area (Å²) in [4.78, 5) is 16.0. The number of carbonyl (C=O) groups is 1. The molecule has 4 rings (SSSR count). The molecule has 1 aliphatic heterocycles. The molecule has 2 heterocycles. The van der Waals surface area contributed by atoms with E-state index in [1.54, 1.807) is 6.07 Å². The molecule has 0 saturated heterocycles. The molecule has 27 heavy (non-hydrogen) atoms. The Morgan fingerprint density at radius 1 is 1.07 bits per heavy atom. The van der Waals surface area contributed by atoms with Gasteiger partial charge in [0.25, 0.3) is 0 Å². The number of benzene rings is 2. The lowest BCUT2D eigenvalue weighted by molar-refractivity contribution is 0.0487. The summed E-state index contributed by atoms with van der Waals surface area (Å²) in [5.74, 6) is 1.17. The number of esters is 1. The van der Waals surface area contributed by atoms with Crippen molar-refractivity contribution in [1.82, 2.24) is 4.90 Å². The van der Waals surface area contributed by atoms with Crippen LogP contribution in [-0.4, -0.2) is 38.1 Å². The molecule has 0 amide bonds. The van der Waals surface area contributed by atoms with Gasteiger partial charge in [-0.3, -0.25) is 0 Å². The van der Waals surface area contributed by atoms with Crippen molar-refractivity contribution < 1.29 is 14.3 Å². The second-order valence-corrected chi connectivity index (χ2v) is 8.02. The van der Waals surface area contributed by atoms with E-state index in [9.17, 15) is 4.79 Å². The lowest BCUT2D eigenvalue weighted by Crippen LogP contribution is -2.19. The lowest BCUT2D eigenvalue weighted by atomic mass is 10.0. The Balaban J connectivity index is 1.79. The molecule has 0 atom stereocenters. The van der Waals surface area contributed by atoms with E-state index in [1.807, 2.05) is 61.5 Å². The van der Waals surface area contributed by atoms with E-state index in [4.69, 9.17) is 21.1 Å². The number of hydrogen-bond acceptors (Lipinski definition) is 5. The van der Waals surface area contributed by atoms with E-state index in [0.29, 0.717) is 23.1 Å². The van der Waals surface area contributed by atoms with Crippen LogP contribution in [0.3, 0.4) is 0 Å². The quantitative estimate of drug-likeness (QED) is 0.421. The third-order valence-corrected chi connectivity index (χ3v) is 5.67. The van der Waals surface area contributed by atoms with Crippen LogP contribution in [0.1, 0.15) is 9.67 Å². The van der Waals surface area contributed by atoms with E-state index in [2.05, 4.69) is 0 Å². The molecule has 0 unspecified atom stereocenters. The minimum absolute atomic E-state index is 0.308. The van der Waals surface area contributed by atoms with Gasteiger partial charge in [0, 0.05) is 33.1 Å². The monoisotopic (exact) mass is 399 g/mol. The Labute approximate surface area is 166 Å². The van der Waals surface area contributed by atoms with Gasteiger partial charge in [0.05, 0.1) is 0 Å². The van der Waals surface area contributed by atoms with Gasteiger partial charge in [-0.15, -0.1) is 11.3 Å². The number of carbonyl (C=O) groups excluding carboxylic acids is 1. The summed E-state index contributed by atoms with van der Waals surface area (Å²) in [6, 6.07) is 15.2. The zero-order valence-corrected chi connectivity index (χ0v) is 16.6. The summed E-state index contributed by atoms with van der Waals surface area (Å²) in [5, 5.41) is 0.623. The van der Waals surface area contributed by atoms with Crippen molar-refractivity contribution in [2.24, 2.45) is 0 Å². The molecule has 6 heteroatoms. The van der Waals surface area contributed by atoms with Crippen molar-refractivity contribution in [2.75, 3.05) is 27.2 Å². The fourth-order valence-corrected chi connectivity index (χ4v) is 4.21. The topological polar surface area (TPSA) is 38.8 Å². The zero-order chi connectivity index (χ0) is 19.0. The summed E-state index contributed by atoms with van der Waals surface area (Å²) < 4.78 is 11.5. The van der Waals surface area contributed by atoms with Crippen LogP contribution in [0.5, 0.6) is 11.5 Å². The van der Waals surface area contributed by atoms with Gasteiger partial charge in [-0.25, -0.2) is 4.79 Å². The van der Waals surface area contributed by atoms with Crippen LogP contribution in [0, 0.1) is 0 Å². The molecule has 0 saturated carbocycles. The summed E-state index contributed by atoms with van der Waals surface area (Å²) in [6.45, 7) is 1.04. The van der Waals surface area contributed by atoms with Crippen molar-refractivity contribution in [3.8, 4) is 33.1 Å². The van der Waals surface area contributed by atoms with Crippen molar-refractivity contribution in [3.05, 3.63) is 58.4 Å². The van der Waals surface area contributed by atoms with Crippen LogP contribution in [0.2, 0.25) is 5.02 Å². The van der Waals surface area contributed by atoms with Crippen LogP contribution in [-0.2, 0) is 4.74 Å². The number of fused-ring (bicyclic) bond motifs is 5. The zero-order valence-electron chi connectivity index (χ0n) is 15.0. The molecule has 4 nitrogen and oxygen atoms in total. The highest BCUT2D eigenvalue weighted by Gasteiger charge is 2.25. The van der Waals surface area contributed by atoms with Gasteiger partial charge < -0.3 is 14.4 Å². The molecule has 1 aliphatic rings. The van der Waals surface area contributed by atoms with E-state index >= 15 is 0 Å². The van der Waals surface area contributed by atoms with Gasteiger partial charge in [0.2, 0.25) is 0 Å². The highest BCUT2D eigenvalue weighted by molar-refractivity contribution is 7.18. The maximum Gasteiger partial charge on any atom is 0.348 e. The van der Waals surface area contributed by atoms with Crippen LogP contribution in [0.15, 0.2) is 48.5 Å². The molecule has 0 spiro atoms. The number of thiophene rings is 1. The van der Waals surface area contributed by atoms with Gasteiger partial charge in [0.1, 0.15) is 23.0 Å². The van der Waals surface area contributed by atoms with Crippen LogP contribution in [0.4, 0.5) is 0 Å². The third-order valence-electron chi connectivity index (χ3n) is 4.29. The van der Waals surface area contributed by atoms with Gasteiger partial charge in [-0.05, 0) is 44.4 Å². The maximum absolute atomic E-state index is 12.5. The molecule has 0 N–H and O–H groups in total. The summed E-state index contributed by atoms with van der Waals surface area (Å²) in [7, 11) is 3.89. The molecule has 138 valence electrons. The molecule has 0 aliphatic carbocycles. The number of halogens is 1. The highest BCUT2D eigenvalue weighted by atomic mass is 35.5. The lowest BCUT2D eigenvalue weighted by Gasteiger charge is -2.10. The molecule has 0 radical (unpaired) electrons. The van der Waals surface area contributed by atoms with E-state index < -0.39 is 0 Å². The summed E-state index contributed by atoms with van der Waals surface area (Å²) in [6.07, 6.45) is 0.